The van der Waals surface area contributed by atoms with Crippen molar-refractivity contribution in [3.63, 3.8) is 0 Å². The maximum Gasteiger partial charge on any atom is 0.163 e. The zero-order chi connectivity index (χ0) is 15.5. The van der Waals surface area contributed by atoms with Gasteiger partial charge >= 0.3 is 0 Å². The number of rotatable bonds is 1. The smallest absolute Gasteiger partial charge is 0.163 e. The van der Waals surface area contributed by atoms with E-state index in [0.717, 1.165) is 32.1 Å². The number of phenolic OH excluding ortho intramolecular Hbond substituents is 1. The molecule has 1 aromatic rings. The first-order chi connectivity index (χ1) is 10.6. The molecule has 0 bridgehead atoms. The molecule has 3 aliphatic rings. The van der Waals surface area contributed by atoms with E-state index in [1.54, 1.807) is 13.2 Å². The third kappa shape index (κ3) is 1.78. The van der Waals surface area contributed by atoms with Gasteiger partial charge in [-0.1, -0.05) is 13.0 Å². The van der Waals surface area contributed by atoms with Crippen LogP contribution in [0.3, 0.4) is 0 Å². The number of hydrogen-bond donors (Lipinski definition) is 2. The van der Waals surface area contributed by atoms with E-state index in [2.05, 4.69) is 13.0 Å². The predicted molar refractivity (Wildman–Crippen MR) is 85.3 cm³/mol. The number of hydrogen-bond acceptors (Lipinski definition) is 3. The maximum atomic E-state index is 10.4. The molecule has 4 rings (SSSR count). The lowest BCUT2D eigenvalue weighted by Crippen LogP contribution is -2.43. The number of benzene rings is 1. The summed E-state index contributed by atoms with van der Waals surface area (Å²) in [6.45, 7) is 2.30. The highest BCUT2D eigenvalue weighted by atomic mass is 16.5. The molecule has 0 spiro atoms. The zero-order valence-electron chi connectivity index (χ0n) is 13.5. The summed E-state index contributed by atoms with van der Waals surface area (Å²) >= 11 is 0. The average molecular weight is 302 g/mol. The van der Waals surface area contributed by atoms with Gasteiger partial charge in [-0.05, 0) is 73.3 Å². The molecule has 3 aliphatic carbocycles. The van der Waals surface area contributed by atoms with Gasteiger partial charge in [0.1, 0.15) is 0 Å². The minimum Gasteiger partial charge on any atom is -0.504 e. The van der Waals surface area contributed by atoms with Crippen molar-refractivity contribution in [3.05, 3.63) is 23.3 Å². The largest absolute Gasteiger partial charge is 0.504 e. The molecule has 0 saturated heterocycles. The van der Waals surface area contributed by atoms with Crippen molar-refractivity contribution < 1.29 is 14.9 Å². The van der Waals surface area contributed by atoms with Crippen molar-refractivity contribution in [2.24, 2.45) is 17.3 Å². The summed E-state index contributed by atoms with van der Waals surface area (Å²) in [5.74, 6) is 2.83. The van der Waals surface area contributed by atoms with Gasteiger partial charge < -0.3 is 14.9 Å². The van der Waals surface area contributed by atoms with Crippen LogP contribution in [0.5, 0.6) is 11.5 Å². The molecular weight excluding hydrogens is 276 g/mol. The van der Waals surface area contributed by atoms with E-state index in [1.807, 2.05) is 0 Å². The normalized spacial score (nSPS) is 39.8. The first-order valence-electron chi connectivity index (χ1n) is 8.63. The van der Waals surface area contributed by atoms with Crippen LogP contribution in [0.1, 0.15) is 56.1 Å². The molecule has 2 fully saturated rings. The summed E-state index contributed by atoms with van der Waals surface area (Å²) in [5, 5.41) is 20.5. The lowest BCUT2D eigenvalue weighted by atomic mass is 9.55. The maximum absolute atomic E-state index is 10.4. The van der Waals surface area contributed by atoms with Crippen LogP contribution in [0.2, 0.25) is 0 Å². The first kappa shape index (κ1) is 14.4. The zero-order valence-corrected chi connectivity index (χ0v) is 13.5. The van der Waals surface area contributed by atoms with Gasteiger partial charge in [-0.3, -0.25) is 0 Å². The quantitative estimate of drug-likeness (QED) is 0.833. The van der Waals surface area contributed by atoms with Gasteiger partial charge in [0.05, 0.1) is 13.2 Å². The number of ether oxygens (including phenoxy) is 1. The van der Waals surface area contributed by atoms with Crippen LogP contribution in [-0.2, 0) is 6.42 Å². The summed E-state index contributed by atoms with van der Waals surface area (Å²) < 4.78 is 5.46. The van der Waals surface area contributed by atoms with Crippen LogP contribution in [0.4, 0.5) is 0 Å². The Morgan fingerprint density at radius 3 is 2.77 bits per heavy atom. The van der Waals surface area contributed by atoms with Crippen LogP contribution in [-0.4, -0.2) is 23.4 Å². The minimum atomic E-state index is -0.116. The Labute approximate surface area is 132 Å². The third-order valence-corrected chi connectivity index (χ3v) is 6.99. The Hall–Kier alpha value is -1.22. The molecule has 3 nitrogen and oxygen atoms in total. The lowest BCUT2D eigenvalue weighted by Gasteiger charge is -2.50. The van der Waals surface area contributed by atoms with Gasteiger partial charge in [0, 0.05) is 5.56 Å². The van der Waals surface area contributed by atoms with E-state index in [1.165, 1.54) is 17.5 Å². The average Bonchev–Trinajstić information content (AvgIpc) is 2.82. The molecule has 2 N–H and O–H groups in total. The van der Waals surface area contributed by atoms with E-state index >= 15 is 0 Å². The summed E-state index contributed by atoms with van der Waals surface area (Å²) in [6, 6.07) is 3.90. The molecule has 0 aliphatic heterocycles. The third-order valence-electron chi connectivity index (χ3n) is 6.99. The standard InChI is InChI=1S/C19H26O3/c1-19-10-9-12-11-5-7-16(20)18(22-2)14(11)4-3-13(12)15(19)6-8-17(19)21/h5,7,12-13,15,17,20-21H,3-4,6,8-10H2,1-2H3/t12-,13+,15+,17+,19+/m1/s1. The van der Waals surface area contributed by atoms with E-state index in [9.17, 15) is 10.2 Å². The fourth-order valence-corrected chi connectivity index (χ4v) is 5.82. The Bertz CT molecular complexity index is 597. The van der Waals surface area contributed by atoms with E-state index < -0.39 is 0 Å². The molecule has 0 aromatic heterocycles. The summed E-state index contributed by atoms with van der Waals surface area (Å²) in [7, 11) is 1.65. The predicted octanol–water partition coefficient (Wildman–Crippen LogP) is 3.62. The molecule has 0 radical (unpaired) electrons. The van der Waals surface area contributed by atoms with E-state index in [4.69, 9.17) is 4.74 Å². The van der Waals surface area contributed by atoms with Crippen molar-refractivity contribution in [3.8, 4) is 11.5 Å². The van der Waals surface area contributed by atoms with Crippen molar-refractivity contribution in [1.29, 1.82) is 0 Å². The molecule has 2 saturated carbocycles. The minimum absolute atomic E-state index is 0.116. The highest BCUT2D eigenvalue weighted by molar-refractivity contribution is 5.52. The topological polar surface area (TPSA) is 49.7 Å². The first-order valence-corrected chi connectivity index (χ1v) is 8.63. The van der Waals surface area contributed by atoms with Gasteiger partial charge in [0.2, 0.25) is 0 Å². The van der Waals surface area contributed by atoms with Gasteiger partial charge in [-0.25, -0.2) is 0 Å². The van der Waals surface area contributed by atoms with Crippen molar-refractivity contribution in [2.75, 3.05) is 7.11 Å². The molecule has 1 aromatic carbocycles. The van der Waals surface area contributed by atoms with Crippen molar-refractivity contribution in [1.82, 2.24) is 0 Å². The number of aromatic hydroxyl groups is 1. The Morgan fingerprint density at radius 1 is 1.18 bits per heavy atom. The molecule has 5 atom stereocenters. The lowest BCUT2D eigenvalue weighted by molar-refractivity contribution is -0.0227. The molecule has 3 heteroatoms. The fraction of sp³-hybridized carbons (Fsp3) is 0.684. The van der Waals surface area contributed by atoms with Crippen LogP contribution >= 0.6 is 0 Å². The van der Waals surface area contributed by atoms with E-state index in [-0.39, 0.29) is 17.3 Å². The van der Waals surface area contributed by atoms with Crippen LogP contribution in [0.25, 0.3) is 0 Å². The van der Waals surface area contributed by atoms with Gasteiger partial charge in [-0.2, -0.15) is 0 Å². The molecule has 120 valence electrons. The van der Waals surface area contributed by atoms with Gasteiger partial charge in [0.25, 0.3) is 0 Å². The Kier molecular flexibility index (Phi) is 3.19. The second-order valence-corrected chi connectivity index (χ2v) is 7.74. The SMILES string of the molecule is COc1c(O)ccc2c1CC[C@H]1[C@@H]2CC[C@]2(C)[C@@H](O)CC[C@@H]12. The van der Waals surface area contributed by atoms with Gasteiger partial charge in [0.15, 0.2) is 11.5 Å². The summed E-state index contributed by atoms with van der Waals surface area (Å²) in [4.78, 5) is 0. The van der Waals surface area contributed by atoms with Crippen LogP contribution in [0.15, 0.2) is 12.1 Å². The number of fused-ring (bicyclic) bond motifs is 5. The second-order valence-electron chi connectivity index (χ2n) is 7.74. The summed E-state index contributed by atoms with van der Waals surface area (Å²) in [5.41, 5.74) is 2.72. The number of aliphatic hydroxyl groups is 1. The monoisotopic (exact) mass is 302 g/mol. The second kappa shape index (κ2) is 4.89. The summed E-state index contributed by atoms with van der Waals surface area (Å²) in [6.07, 6.45) is 6.42. The molecule has 22 heavy (non-hydrogen) atoms. The van der Waals surface area contributed by atoms with Crippen molar-refractivity contribution in [2.45, 2.75) is 57.5 Å². The molecule has 0 heterocycles. The van der Waals surface area contributed by atoms with Crippen molar-refractivity contribution >= 4 is 0 Å². The number of methoxy groups -OCH3 is 1. The Morgan fingerprint density at radius 2 is 2.00 bits per heavy atom. The fourth-order valence-electron chi connectivity index (χ4n) is 5.82. The Balaban J connectivity index is 1.74. The van der Waals surface area contributed by atoms with Crippen LogP contribution < -0.4 is 4.74 Å². The molecule has 0 amide bonds. The van der Waals surface area contributed by atoms with Crippen LogP contribution in [0, 0.1) is 17.3 Å². The number of aliphatic hydroxyl groups excluding tert-OH is 1. The highest BCUT2D eigenvalue weighted by Gasteiger charge is 2.54. The highest BCUT2D eigenvalue weighted by Crippen LogP contribution is 2.61. The number of phenols is 1. The van der Waals surface area contributed by atoms with E-state index in [0.29, 0.717) is 23.5 Å². The van der Waals surface area contributed by atoms with Gasteiger partial charge in [-0.15, -0.1) is 0 Å². The molecule has 0 unspecified atom stereocenters. The molecular formula is C19H26O3.